The Labute approximate surface area is 130 Å². The monoisotopic (exact) mass is 311 g/mol. The molecule has 0 aliphatic carbocycles. The standard InChI is InChI=1S/C15H25N3O4/c1-15(2)7-11(17-8-15)13(20)18-10(14(21)22-3)6-9-4-5-16-12(9)19/h9-11,17H,4-8H2,1-3H3,(H,16,19)(H,18,20)/t9-,10?,11-/m0/s1. The van der Waals surface area contributed by atoms with Gasteiger partial charge in [0.15, 0.2) is 0 Å². The topological polar surface area (TPSA) is 96.5 Å². The first-order valence-corrected chi connectivity index (χ1v) is 7.72. The van der Waals surface area contributed by atoms with Gasteiger partial charge < -0.3 is 20.7 Å². The zero-order chi connectivity index (χ0) is 16.3. The minimum absolute atomic E-state index is 0.0636. The van der Waals surface area contributed by atoms with E-state index in [9.17, 15) is 14.4 Å². The summed E-state index contributed by atoms with van der Waals surface area (Å²) in [6.45, 7) is 5.56. The molecule has 2 aliphatic heterocycles. The Morgan fingerprint density at radius 2 is 2.18 bits per heavy atom. The first kappa shape index (κ1) is 16.7. The van der Waals surface area contributed by atoms with Crippen LogP contribution in [0.2, 0.25) is 0 Å². The molecule has 124 valence electrons. The van der Waals surface area contributed by atoms with Crippen molar-refractivity contribution in [2.24, 2.45) is 11.3 Å². The zero-order valence-corrected chi connectivity index (χ0v) is 13.4. The number of ether oxygens (including phenoxy) is 1. The van der Waals surface area contributed by atoms with Crippen molar-refractivity contribution in [1.82, 2.24) is 16.0 Å². The summed E-state index contributed by atoms with van der Waals surface area (Å²) in [4.78, 5) is 35.9. The largest absolute Gasteiger partial charge is 0.467 e. The predicted octanol–water partition coefficient (Wildman–Crippen LogP) is -0.441. The molecule has 0 spiro atoms. The third kappa shape index (κ3) is 3.97. The second kappa shape index (κ2) is 6.64. The van der Waals surface area contributed by atoms with Gasteiger partial charge in [-0.2, -0.15) is 0 Å². The number of hydrogen-bond donors (Lipinski definition) is 3. The van der Waals surface area contributed by atoms with Crippen LogP contribution in [0.4, 0.5) is 0 Å². The van der Waals surface area contributed by atoms with Gasteiger partial charge >= 0.3 is 5.97 Å². The Morgan fingerprint density at radius 3 is 2.68 bits per heavy atom. The summed E-state index contributed by atoms with van der Waals surface area (Å²) in [5.74, 6) is -1.04. The second-order valence-corrected chi connectivity index (χ2v) is 6.90. The lowest BCUT2D eigenvalue weighted by Crippen LogP contribution is -2.49. The first-order valence-electron chi connectivity index (χ1n) is 7.72. The van der Waals surface area contributed by atoms with Crippen molar-refractivity contribution in [2.45, 2.75) is 45.2 Å². The van der Waals surface area contributed by atoms with Crippen LogP contribution in [-0.2, 0) is 19.1 Å². The molecule has 2 aliphatic rings. The summed E-state index contributed by atoms with van der Waals surface area (Å²) in [5, 5.41) is 8.64. The number of esters is 1. The molecule has 22 heavy (non-hydrogen) atoms. The molecular weight excluding hydrogens is 286 g/mol. The Hall–Kier alpha value is -1.63. The minimum atomic E-state index is -0.781. The normalized spacial score (nSPS) is 28.0. The molecule has 2 fully saturated rings. The van der Waals surface area contributed by atoms with Gasteiger partial charge in [-0.05, 0) is 24.7 Å². The van der Waals surface area contributed by atoms with Crippen molar-refractivity contribution in [2.75, 3.05) is 20.2 Å². The fourth-order valence-corrected chi connectivity index (χ4v) is 3.06. The van der Waals surface area contributed by atoms with Crippen molar-refractivity contribution in [3.63, 3.8) is 0 Å². The Balaban J connectivity index is 1.96. The van der Waals surface area contributed by atoms with Crippen molar-refractivity contribution in [1.29, 1.82) is 0 Å². The average Bonchev–Trinajstić information content (AvgIpc) is 3.03. The lowest BCUT2D eigenvalue weighted by Gasteiger charge is -2.21. The minimum Gasteiger partial charge on any atom is -0.467 e. The van der Waals surface area contributed by atoms with E-state index in [1.54, 1.807) is 0 Å². The summed E-state index contributed by atoms with van der Waals surface area (Å²) in [6.07, 6.45) is 1.67. The van der Waals surface area contributed by atoms with Crippen LogP contribution in [0, 0.1) is 11.3 Å². The highest BCUT2D eigenvalue weighted by Crippen LogP contribution is 2.27. The Morgan fingerprint density at radius 1 is 1.45 bits per heavy atom. The molecule has 1 unspecified atom stereocenters. The molecule has 2 rings (SSSR count). The zero-order valence-electron chi connectivity index (χ0n) is 13.4. The summed E-state index contributed by atoms with van der Waals surface area (Å²) in [7, 11) is 1.28. The fraction of sp³-hybridized carbons (Fsp3) is 0.800. The van der Waals surface area contributed by atoms with Gasteiger partial charge in [0.05, 0.1) is 13.2 Å². The van der Waals surface area contributed by atoms with Gasteiger partial charge in [-0.3, -0.25) is 9.59 Å². The quantitative estimate of drug-likeness (QED) is 0.598. The number of hydrogen-bond acceptors (Lipinski definition) is 5. The molecule has 0 aromatic carbocycles. The van der Waals surface area contributed by atoms with E-state index in [-0.39, 0.29) is 35.6 Å². The maximum Gasteiger partial charge on any atom is 0.328 e. The molecule has 0 aromatic rings. The highest BCUT2D eigenvalue weighted by Gasteiger charge is 2.37. The lowest BCUT2D eigenvalue weighted by atomic mass is 9.90. The highest BCUT2D eigenvalue weighted by molar-refractivity contribution is 5.88. The van der Waals surface area contributed by atoms with Crippen LogP contribution in [0.25, 0.3) is 0 Å². The van der Waals surface area contributed by atoms with Crippen molar-refractivity contribution in [3.05, 3.63) is 0 Å². The first-order chi connectivity index (χ1) is 10.3. The second-order valence-electron chi connectivity index (χ2n) is 6.90. The molecule has 0 bridgehead atoms. The Kier molecular flexibility index (Phi) is 5.05. The van der Waals surface area contributed by atoms with Gasteiger partial charge in [0.1, 0.15) is 6.04 Å². The van der Waals surface area contributed by atoms with E-state index in [4.69, 9.17) is 4.74 Å². The summed E-state index contributed by atoms with van der Waals surface area (Å²) in [6, 6.07) is -1.09. The van der Waals surface area contributed by atoms with Gasteiger partial charge in [0.2, 0.25) is 11.8 Å². The molecule has 7 nitrogen and oxygen atoms in total. The fourth-order valence-electron chi connectivity index (χ4n) is 3.06. The van der Waals surface area contributed by atoms with Crippen molar-refractivity contribution < 1.29 is 19.1 Å². The molecule has 2 amide bonds. The van der Waals surface area contributed by atoms with E-state index in [1.165, 1.54) is 7.11 Å². The van der Waals surface area contributed by atoms with E-state index in [2.05, 4.69) is 29.8 Å². The third-order valence-electron chi connectivity index (χ3n) is 4.39. The molecule has 0 aromatic heterocycles. The maximum absolute atomic E-state index is 12.3. The molecule has 7 heteroatoms. The van der Waals surface area contributed by atoms with Crippen LogP contribution in [0.15, 0.2) is 0 Å². The molecule has 2 saturated heterocycles. The summed E-state index contributed by atoms with van der Waals surface area (Å²) >= 11 is 0. The molecular formula is C15H25N3O4. The molecule has 3 N–H and O–H groups in total. The number of carbonyl (C=O) groups excluding carboxylic acids is 3. The van der Waals surface area contributed by atoms with Crippen LogP contribution >= 0.6 is 0 Å². The molecule has 0 saturated carbocycles. The molecule has 3 atom stereocenters. The average molecular weight is 311 g/mol. The van der Waals surface area contributed by atoms with Gasteiger partial charge in [-0.1, -0.05) is 13.8 Å². The number of methoxy groups -OCH3 is 1. The third-order valence-corrected chi connectivity index (χ3v) is 4.39. The number of rotatable bonds is 5. The van der Waals surface area contributed by atoms with Gasteiger partial charge in [-0.15, -0.1) is 0 Å². The van der Waals surface area contributed by atoms with Gasteiger partial charge in [0.25, 0.3) is 0 Å². The predicted molar refractivity (Wildman–Crippen MR) is 79.9 cm³/mol. The van der Waals surface area contributed by atoms with E-state index < -0.39 is 12.0 Å². The van der Waals surface area contributed by atoms with E-state index in [1.807, 2.05) is 0 Å². The van der Waals surface area contributed by atoms with Crippen LogP contribution in [0.3, 0.4) is 0 Å². The van der Waals surface area contributed by atoms with Crippen LogP contribution in [-0.4, -0.2) is 50.1 Å². The summed E-state index contributed by atoms with van der Waals surface area (Å²) in [5.41, 5.74) is 0.0636. The van der Waals surface area contributed by atoms with E-state index >= 15 is 0 Å². The van der Waals surface area contributed by atoms with Gasteiger partial charge in [0, 0.05) is 19.0 Å². The number of nitrogens with one attached hydrogen (secondary N) is 3. The van der Waals surface area contributed by atoms with Crippen molar-refractivity contribution in [3.8, 4) is 0 Å². The van der Waals surface area contributed by atoms with Crippen molar-refractivity contribution >= 4 is 17.8 Å². The van der Waals surface area contributed by atoms with Gasteiger partial charge in [-0.25, -0.2) is 4.79 Å². The van der Waals surface area contributed by atoms with E-state index in [0.29, 0.717) is 13.0 Å². The van der Waals surface area contributed by atoms with E-state index in [0.717, 1.165) is 13.0 Å². The molecule has 0 radical (unpaired) electrons. The van der Waals surface area contributed by atoms with Crippen LogP contribution in [0.1, 0.15) is 33.1 Å². The lowest BCUT2D eigenvalue weighted by molar-refractivity contribution is -0.146. The Bertz CT molecular complexity index is 464. The highest BCUT2D eigenvalue weighted by atomic mass is 16.5. The smallest absolute Gasteiger partial charge is 0.328 e. The maximum atomic E-state index is 12.3. The number of carbonyl (C=O) groups is 3. The number of amides is 2. The molecule has 2 heterocycles. The van der Waals surface area contributed by atoms with Crippen LogP contribution < -0.4 is 16.0 Å². The SMILES string of the molecule is COC(=O)C(C[C@@H]1CCNC1=O)NC(=O)[C@@H]1CC(C)(C)CN1. The summed E-state index contributed by atoms with van der Waals surface area (Å²) < 4.78 is 4.76. The van der Waals surface area contributed by atoms with Crippen LogP contribution in [0.5, 0.6) is 0 Å².